The highest BCUT2D eigenvalue weighted by Crippen LogP contribution is 2.54. The van der Waals surface area contributed by atoms with E-state index in [2.05, 4.69) is 6.07 Å². The Morgan fingerprint density at radius 2 is 2.00 bits per heavy atom. The fourth-order valence-electron chi connectivity index (χ4n) is 2.05. The molecule has 2 rings (SSSR count). The summed E-state index contributed by atoms with van der Waals surface area (Å²) in [5, 5.41) is 9.02. The van der Waals surface area contributed by atoms with E-state index in [1.54, 1.807) is 4.90 Å². The summed E-state index contributed by atoms with van der Waals surface area (Å²) in [4.78, 5) is 13.3. The molecule has 1 saturated heterocycles. The molecule has 2 aliphatic rings. The molecule has 1 aliphatic heterocycles. The van der Waals surface area contributed by atoms with Gasteiger partial charge in [0.2, 0.25) is 0 Å². The molecule has 4 nitrogen and oxygen atoms in total. The average Bonchev–Trinajstić information content (AvgIpc) is 2.79. The molecule has 0 atom stereocenters. The Bertz CT molecular complexity index is 341. The molecule has 0 radical (unpaired) electrons. The highest BCUT2D eigenvalue weighted by molar-refractivity contribution is 5.69. The summed E-state index contributed by atoms with van der Waals surface area (Å²) < 4.78 is 5.26. The van der Waals surface area contributed by atoms with Gasteiger partial charge in [-0.2, -0.15) is 5.26 Å². The van der Waals surface area contributed by atoms with Crippen LogP contribution in [0.4, 0.5) is 4.79 Å². The SMILES string of the molecule is CC(C)(C)OC(=O)N1CC(C2(C#N)CC2)C1. The summed E-state index contributed by atoms with van der Waals surface area (Å²) in [5.41, 5.74) is -0.548. The third kappa shape index (κ3) is 1.99. The van der Waals surface area contributed by atoms with Crippen LogP contribution in [-0.2, 0) is 4.74 Å². The molecule has 0 aromatic carbocycles. The summed E-state index contributed by atoms with van der Waals surface area (Å²) >= 11 is 0. The number of carbonyl (C=O) groups is 1. The largest absolute Gasteiger partial charge is 0.444 e. The summed E-state index contributed by atoms with van der Waals surface area (Å²) in [6.45, 7) is 6.95. The highest BCUT2D eigenvalue weighted by Gasteiger charge is 2.55. The van der Waals surface area contributed by atoms with Gasteiger partial charge < -0.3 is 9.64 Å². The third-order valence-corrected chi connectivity index (χ3v) is 3.33. The second kappa shape index (κ2) is 3.38. The summed E-state index contributed by atoms with van der Waals surface area (Å²) in [5.74, 6) is 0.366. The van der Waals surface area contributed by atoms with Gasteiger partial charge in [-0.25, -0.2) is 4.79 Å². The first-order valence-electron chi connectivity index (χ1n) is 5.75. The van der Waals surface area contributed by atoms with Crippen molar-refractivity contribution >= 4 is 6.09 Å². The first-order chi connectivity index (χ1) is 7.36. The minimum absolute atomic E-state index is 0.113. The molecule has 1 aliphatic carbocycles. The van der Waals surface area contributed by atoms with E-state index >= 15 is 0 Å². The number of rotatable bonds is 1. The Hall–Kier alpha value is -1.24. The second-order valence-corrected chi connectivity index (χ2v) is 5.85. The van der Waals surface area contributed by atoms with Gasteiger partial charge in [0.15, 0.2) is 0 Å². The zero-order valence-electron chi connectivity index (χ0n) is 10.1. The van der Waals surface area contributed by atoms with Crippen LogP contribution in [0.25, 0.3) is 0 Å². The lowest BCUT2D eigenvalue weighted by Crippen LogP contribution is -2.54. The fourth-order valence-corrected chi connectivity index (χ4v) is 2.05. The number of nitrogens with zero attached hydrogens (tertiary/aromatic N) is 2. The van der Waals surface area contributed by atoms with Crippen LogP contribution in [0.5, 0.6) is 0 Å². The Morgan fingerprint density at radius 3 is 2.38 bits per heavy atom. The lowest BCUT2D eigenvalue weighted by molar-refractivity contribution is -0.00888. The molecule has 1 amide bonds. The molecular weight excluding hydrogens is 204 g/mol. The molecular formula is C12H18N2O2. The van der Waals surface area contributed by atoms with Crippen LogP contribution < -0.4 is 0 Å². The Labute approximate surface area is 96.2 Å². The van der Waals surface area contributed by atoms with Gasteiger partial charge in [0.25, 0.3) is 0 Å². The van der Waals surface area contributed by atoms with Crippen molar-refractivity contribution in [3.63, 3.8) is 0 Å². The van der Waals surface area contributed by atoms with Crippen LogP contribution in [-0.4, -0.2) is 29.7 Å². The van der Waals surface area contributed by atoms with Crippen molar-refractivity contribution in [3.8, 4) is 6.07 Å². The second-order valence-electron chi connectivity index (χ2n) is 5.85. The Balaban J connectivity index is 1.81. The molecule has 1 heterocycles. The molecule has 1 saturated carbocycles. The molecule has 0 aromatic heterocycles. The monoisotopic (exact) mass is 222 g/mol. The number of nitriles is 1. The third-order valence-electron chi connectivity index (χ3n) is 3.33. The number of carbonyl (C=O) groups excluding carboxylic acids is 1. The summed E-state index contributed by atoms with van der Waals surface area (Å²) in [6.07, 6.45) is 1.74. The standard InChI is InChI=1S/C12H18N2O2/c1-11(2,3)16-10(15)14-6-9(7-14)12(8-13)4-5-12/h9H,4-7H2,1-3H3. The van der Waals surface area contributed by atoms with Gasteiger partial charge in [-0.1, -0.05) is 0 Å². The van der Waals surface area contributed by atoms with Gasteiger partial charge in [0.05, 0.1) is 11.5 Å². The van der Waals surface area contributed by atoms with Crippen LogP contribution in [0, 0.1) is 22.7 Å². The van der Waals surface area contributed by atoms with Gasteiger partial charge >= 0.3 is 6.09 Å². The molecule has 16 heavy (non-hydrogen) atoms. The van der Waals surface area contributed by atoms with Gasteiger partial charge in [0.1, 0.15) is 5.60 Å². The van der Waals surface area contributed by atoms with E-state index in [0.29, 0.717) is 19.0 Å². The van der Waals surface area contributed by atoms with Crippen LogP contribution in [0.3, 0.4) is 0 Å². The molecule has 0 aromatic rings. The van der Waals surface area contributed by atoms with E-state index < -0.39 is 5.60 Å². The lowest BCUT2D eigenvalue weighted by Gasteiger charge is -2.41. The molecule has 0 bridgehead atoms. The predicted octanol–water partition coefficient (Wildman–Crippen LogP) is 2.16. The maximum absolute atomic E-state index is 11.6. The van der Waals surface area contributed by atoms with Gasteiger partial charge in [-0.15, -0.1) is 0 Å². The summed E-state index contributed by atoms with van der Waals surface area (Å²) in [6, 6.07) is 2.38. The fraction of sp³-hybridized carbons (Fsp3) is 0.833. The Kier molecular flexibility index (Phi) is 2.37. The summed E-state index contributed by atoms with van der Waals surface area (Å²) in [7, 11) is 0. The zero-order valence-corrected chi connectivity index (χ0v) is 10.1. The maximum atomic E-state index is 11.6. The maximum Gasteiger partial charge on any atom is 0.410 e. The van der Waals surface area contributed by atoms with Crippen molar-refractivity contribution in [2.75, 3.05) is 13.1 Å². The topological polar surface area (TPSA) is 53.3 Å². The van der Waals surface area contributed by atoms with Crippen molar-refractivity contribution in [2.45, 2.75) is 39.2 Å². The number of likely N-dealkylation sites (tertiary alicyclic amines) is 1. The zero-order chi connectivity index (χ0) is 12.0. The van der Waals surface area contributed by atoms with E-state index in [-0.39, 0.29) is 11.5 Å². The number of amides is 1. The van der Waals surface area contributed by atoms with E-state index in [0.717, 1.165) is 12.8 Å². The van der Waals surface area contributed by atoms with Gasteiger partial charge in [0, 0.05) is 19.0 Å². The van der Waals surface area contributed by atoms with Crippen LogP contribution in [0.15, 0.2) is 0 Å². The average molecular weight is 222 g/mol. The minimum Gasteiger partial charge on any atom is -0.444 e. The van der Waals surface area contributed by atoms with Crippen molar-refractivity contribution in [3.05, 3.63) is 0 Å². The van der Waals surface area contributed by atoms with E-state index in [1.165, 1.54) is 0 Å². The van der Waals surface area contributed by atoms with Crippen molar-refractivity contribution in [2.24, 2.45) is 11.3 Å². The molecule has 0 spiro atoms. The number of hydrogen-bond donors (Lipinski definition) is 0. The van der Waals surface area contributed by atoms with E-state index in [1.807, 2.05) is 20.8 Å². The van der Waals surface area contributed by atoms with E-state index in [4.69, 9.17) is 10.00 Å². The van der Waals surface area contributed by atoms with Gasteiger partial charge in [-0.3, -0.25) is 0 Å². The molecule has 88 valence electrons. The first-order valence-corrected chi connectivity index (χ1v) is 5.75. The van der Waals surface area contributed by atoms with Crippen LogP contribution in [0.1, 0.15) is 33.6 Å². The molecule has 2 fully saturated rings. The first kappa shape index (κ1) is 11.3. The van der Waals surface area contributed by atoms with Gasteiger partial charge in [-0.05, 0) is 33.6 Å². The van der Waals surface area contributed by atoms with Crippen molar-refractivity contribution < 1.29 is 9.53 Å². The lowest BCUT2D eigenvalue weighted by atomic mass is 9.84. The molecule has 4 heteroatoms. The quantitative estimate of drug-likeness (QED) is 0.683. The smallest absolute Gasteiger partial charge is 0.410 e. The van der Waals surface area contributed by atoms with Crippen molar-refractivity contribution in [1.29, 1.82) is 5.26 Å². The predicted molar refractivity (Wildman–Crippen MR) is 58.6 cm³/mol. The van der Waals surface area contributed by atoms with E-state index in [9.17, 15) is 4.79 Å². The number of hydrogen-bond acceptors (Lipinski definition) is 3. The number of ether oxygens (including phenoxy) is 1. The molecule has 0 N–H and O–H groups in total. The molecule has 0 unspecified atom stereocenters. The normalized spacial score (nSPS) is 23.2. The Morgan fingerprint density at radius 1 is 1.44 bits per heavy atom. The highest BCUT2D eigenvalue weighted by atomic mass is 16.6. The van der Waals surface area contributed by atoms with Crippen molar-refractivity contribution in [1.82, 2.24) is 4.90 Å². The minimum atomic E-state index is -0.436. The van der Waals surface area contributed by atoms with Crippen LogP contribution >= 0.6 is 0 Å². The van der Waals surface area contributed by atoms with Crippen LogP contribution in [0.2, 0.25) is 0 Å².